The Kier molecular flexibility index (Phi) is 9.65. The summed E-state index contributed by atoms with van der Waals surface area (Å²) < 4.78 is 10.6. The van der Waals surface area contributed by atoms with Crippen LogP contribution in [0.3, 0.4) is 0 Å². The summed E-state index contributed by atoms with van der Waals surface area (Å²) in [6.45, 7) is 6.08. The molecule has 2 rings (SSSR count). The van der Waals surface area contributed by atoms with E-state index >= 15 is 0 Å². The van der Waals surface area contributed by atoms with Crippen molar-refractivity contribution in [3.63, 3.8) is 0 Å². The van der Waals surface area contributed by atoms with Gasteiger partial charge < -0.3 is 9.47 Å². The Balaban J connectivity index is 1.78. The lowest BCUT2D eigenvalue weighted by molar-refractivity contribution is -0.139. The van der Waals surface area contributed by atoms with Gasteiger partial charge in [0.1, 0.15) is 12.2 Å². The van der Waals surface area contributed by atoms with E-state index in [1.54, 1.807) is 30.0 Å². The fourth-order valence-electron chi connectivity index (χ4n) is 2.48. The molecule has 5 nitrogen and oxygen atoms in total. The van der Waals surface area contributed by atoms with E-state index in [1.807, 2.05) is 0 Å². The average Bonchev–Trinajstić information content (AvgIpc) is 2.66. The highest BCUT2D eigenvalue weighted by atomic mass is 35.5. The van der Waals surface area contributed by atoms with Gasteiger partial charge in [-0.05, 0) is 24.6 Å². The fraction of sp³-hybridized carbons (Fsp3) is 0.474. The van der Waals surface area contributed by atoms with Gasteiger partial charge in [-0.1, -0.05) is 35.3 Å². The third kappa shape index (κ3) is 7.47. The molecule has 1 aliphatic rings. The summed E-state index contributed by atoms with van der Waals surface area (Å²) in [7, 11) is 0. The van der Waals surface area contributed by atoms with Gasteiger partial charge in [-0.15, -0.1) is 0 Å². The smallest absolute Gasteiger partial charge is 0.341 e. The lowest BCUT2D eigenvalue weighted by Gasteiger charge is -2.26. The highest BCUT2D eigenvalue weighted by Crippen LogP contribution is 2.27. The second-order valence-electron chi connectivity index (χ2n) is 5.96. The van der Waals surface area contributed by atoms with Crippen LogP contribution in [-0.4, -0.2) is 67.6 Å². The Hall–Kier alpha value is -1.05. The molecular weight excluding hydrogens is 409 g/mol. The lowest BCUT2D eigenvalue weighted by Crippen LogP contribution is -2.37. The van der Waals surface area contributed by atoms with Crippen molar-refractivity contribution < 1.29 is 19.1 Å². The number of ketones is 1. The van der Waals surface area contributed by atoms with Crippen LogP contribution in [0.1, 0.15) is 12.5 Å². The number of carbonyl (C=O) groups is 2. The third-order valence-electron chi connectivity index (χ3n) is 4.00. The van der Waals surface area contributed by atoms with Crippen molar-refractivity contribution in [1.29, 1.82) is 0 Å². The van der Waals surface area contributed by atoms with E-state index < -0.39 is 5.97 Å². The van der Waals surface area contributed by atoms with Crippen LogP contribution in [0.2, 0.25) is 10.0 Å². The van der Waals surface area contributed by atoms with Crippen LogP contribution in [0.4, 0.5) is 0 Å². The zero-order chi connectivity index (χ0) is 19.6. The quantitative estimate of drug-likeness (QED) is 0.196. The first-order chi connectivity index (χ1) is 13.0. The van der Waals surface area contributed by atoms with Crippen molar-refractivity contribution in [1.82, 2.24) is 4.90 Å². The van der Waals surface area contributed by atoms with E-state index in [2.05, 4.69) is 4.90 Å². The molecule has 1 aromatic carbocycles. The molecule has 0 amide bonds. The Morgan fingerprint density at radius 1 is 1.26 bits per heavy atom. The van der Waals surface area contributed by atoms with Gasteiger partial charge in [0.15, 0.2) is 5.78 Å². The first kappa shape index (κ1) is 22.2. The topological polar surface area (TPSA) is 55.8 Å². The summed E-state index contributed by atoms with van der Waals surface area (Å²) in [5.41, 5.74) is 0.462. The Bertz CT molecular complexity index is 690. The minimum absolute atomic E-state index is 0.0440. The number of morpholine rings is 1. The van der Waals surface area contributed by atoms with Crippen LogP contribution in [0.5, 0.6) is 0 Å². The second-order valence-corrected chi connectivity index (χ2v) is 7.97. The Morgan fingerprint density at radius 2 is 2.00 bits per heavy atom. The molecule has 27 heavy (non-hydrogen) atoms. The minimum Gasteiger partial charge on any atom is -0.461 e. The number of nitrogens with zero attached hydrogens (tertiary/aromatic N) is 1. The van der Waals surface area contributed by atoms with E-state index in [1.165, 1.54) is 13.0 Å². The molecule has 1 aromatic rings. The number of benzene rings is 1. The maximum atomic E-state index is 12.2. The fourth-order valence-corrected chi connectivity index (χ4v) is 3.64. The van der Waals surface area contributed by atoms with E-state index in [0.29, 0.717) is 21.4 Å². The SMILES string of the molecule is CC(=O)C(=Cc1cccc(Cl)c1Cl)C(=O)OCCSCCN1CCOCC1. The summed E-state index contributed by atoms with van der Waals surface area (Å²) in [5, 5.41) is 0.655. The molecule has 1 aliphatic heterocycles. The summed E-state index contributed by atoms with van der Waals surface area (Å²) >= 11 is 13.8. The van der Waals surface area contributed by atoms with E-state index in [0.717, 1.165) is 38.6 Å². The van der Waals surface area contributed by atoms with Crippen molar-refractivity contribution in [2.24, 2.45) is 0 Å². The lowest BCUT2D eigenvalue weighted by atomic mass is 10.1. The van der Waals surface area contributed by atoms with E-state index in [4.69, 9.17) is 32.7 Å². The molecule has 0 unspecified atom stereocenters. The molecule has 0 spiro atoms. The summed E-state index contributed by atoms with van der Waals surface area (Å²) in [4.78, 5) is 26.4. The normalized spacial score (nSPS) is 15.6. The maximum Gasteiger partial charge on any atom is 0.341 e. The summed E-state index contributed by atoms with van der Waals surface area (Å²) in [6, 6.07) is 5.03. The van der Waals surface area contributed by atoms with Crippen molar-refractivity contribution in [3.8, 4) is 0 Å². The predicted molar refractivity (Wildman–Crippen MR) is 111 cm³/mol. The van der Waals surface area contributed by atoms with Crippen LogP contribution in [0.25, 0.3) is 6.08 Å². The van der Waals surface area contributed by atoms with Gasteiger partial charge >= 0.3 is 5.97 Å². The first-order valence-corrected chi connectivity index (χ1v) is 10.6. The highest BCUT2D eigenvalue weighted by molar-refractivity contribution is 7.99. The van der Waals surface area contributed by atoms with Crippen LogP contribution in [0.15, 0.2) is 23.8 Å². The van der Waals surface area contributed by atoms with Crippen molar-refractivity contribution in [2.75, 3.05) is 51.0 Å². The van der Waals surface area contributed by atoms with E-state index in [-0.39, 0.29) is 18.0 Å². The zero-order valence-electron chi connectivity index (χ0n) is 15.2. The van der Waals surface area contributed by atoms with E-state index in [9.17, 15) is 9.59 Å². The van der Waals surface area contributed by atoms with Crippen LogP contribution < -0.4 is 0 Å². The zero-order valence-corrected chi connectivity index (χ0v) is 17.5. The maximum absolute atomic E-state index is 12.2. The molecular formula is C19H23Cl2NO4S. The molecule has 0 aromatic heterocycles. The van der Waals surface area contributed by atoms with Gasteiger partial charge in [-0.2, -0.15) is 11.8 Å². The standard InChI is InChI=1S/C19H23Cl2NO4S/c1-14(23)16(13-15-3-2-4-17(20)18(15)21)19(24)26-10-12-27-11-7-22-5-8-25-9-6-22/h2-4,13H,5-12H2,1H3. The molecule has 0 radical (unpaired) electrons. The molecule has 1 fully saturated rings. The van der Waals surface area contributed by atoms with Crippen LogP contribution >= 0.6 is 35.0 Å². The number of halogens is 2. The predicted octanol–water partition coefficient (Wildman–Crippen LogP) is 3.57. The van der Waals surface area contributed by atoms with Crippen molar-refractivity contribution >= 4 is 52.8 Å². The number of esters is 1. The average molecular weight is 432 g/mol. The number of hydrogen-bond donors (Lipinski definition) is 0. The molecule has 1 heterocycles. The van der Waals surface area contributed by atoms with Crippen molar-refractivity contribution in [3.05, 3.63) is 39.4 Å². The van der Waals surface area contributed by atoms with Crippen molar-refractivity contribution in [2.45, 2.75) is 6.92 Å². The largest absolute Gasteiger partial charge is 0.461 e. The van der Waals surface area contributed by atoms with Gasteiger partial charge in [0.25, 0.3) is 0 Å². The van der Waals surface area contributed by atoms with Gasteiger partial charge in [0, 0.05) is 31.1 Å². The molecule has 148 valence electrons. The van der Waals surface area contributed by atoms with Gasteiger partial charge in [-0.3, -0.25) is 9.69 Å². The number of ether oxygens (including phenoxy) is 2. The van der Waals surface area contributed by atoms with Gasteiger partial charge in [0.05, 0.1) is 23.3 Å². The third-order valence-corrected chi connectivity index (χ3v) is 5.76. The molecule has 1 saturated heterocycles. The molecule has 0 N–H and O–H groups in total. The Morgan fingerprint density at radius 3 is 2.70 bits per heavy atom. The molecule has 0 aliphatic carbocycles. The van der Waals surface area contributed by atoms with Gasteiger partial charge in [-0.25, -0.2) is 4.79 Å². The van der Waals surface area contributed by atoms with Crippen LogP contribution in [0, 0.1) is 0 Å². The van der Waals surface area contributed by atoms with Crippen LogP contribution in [-0.2, 0) is 19.1 Å². The van der Waals surface area contributed by atoms with Gasteiger partial charge in [0.2, 0.25) is 0 Å². The molecule has 0 saturated carbocycles. The minimum atomic E-state index is -0.646. The number of carbonyl (C=O) groups excluding carboxylic acids is 2. The molecule has 0 bridgehead atoms. The second kappa shape index (κ2) is 11.7. The molecule has 8 heteroatoms. The number of Topliss-reactive ketones (excluding diaryl/α,β-unsaturated/α-hetero) is 1. The highest BCUT2D eigenvalue weighted by Gasteiger charge is 2.17. The summed E-state index contributed by atoms with van der Waals surface area (Å²) in [6.07, 6.45) is 1.42. The Labute approximate surface area is 174 Å². The molecule has 0 atom stereocenters. The summed E-state index contributed by atoms with van der Waals surface area (Å²) in [5.74, 6) is 0.618. The number of hydrogen-bond acceptors (Lipinski definition) is 6. The number of rotatable bonds is 9. The monoisotopic (exact) mass is 431 g/mol. The number of thioether (sulfide) groups is 1. The first-order valence-electron chi connectivity index (χ1n) is 8.70.